The van der Waals surface area contributed by atoms with E-state index in [9.17, 15) is 18.0 Å². The van der Waals surface area contributed by atoms with Gasteiger partial charge in [-0.2, -0.15) is 0 Å². The van der Waals surface area contributed by atoms with E-state index in [0.717, 1.165) is 17.6 Å². The first-order chi connectivity index (χ1) is 15.8. The number of fused-ring (bicyclic) bond motifs is 1. The minimum absolute atomic E-state index is 0.154. The second-order valence-corrected chi connectivity index (χ2v) is 9.20. The first kappa shape index (κ1) is 24.1. The summed E-state index contributed by atoms with van der Waals surface area (Å²) in [4.78, 5) is 17.1. The standard InChI is InChI=1S/C23H25BF3N3O4/c1-14(2)22(5)21(3,4)33-24(34-22)15-9-10-30-18(13-28-19(30)11-15)20(31)29-16-7-6-8-17(12-16)32-23(25,26)27/h6-14H,1-5H3,(H,29,31). The highest BCUT2D eigenvalue weighted by atomic mass is 19.4. The zero-order chi connectivity index (χ0) is 24.9. The Kier molecular flexibility index (Phi) is 5.89. The molecule has 3 aromatic rings. The van der Waals surface area contributed by atoms with E-state index in [1.54, 1.807) is 22.7 Å². The molecule has 1 aromatic carbocycles. The predicted molar refractivity (Wildman–Crippen MR) is 121 cm³/mol. The zero-order valence-electron chi connectivity index (χ0n) is 19.4. The molecular formula is C23H25BF3N3O4. The number of nitrogens with one attached hydrogen (secondary N) is 1. The van der Waals surface area contributed by atoms with Crippen molar-refractivity contribution in [3.8, 4) is 5.75 Å². The molecule has 3 heterocycles. The van der Waals surface area contributed by atoms with E-state index in [0.29, 0.717) is 5.65 Å². The Morgan fingerprint density at radius 1 is 1.18 bits per heavy atom. The number of hydrogen-bond donors (Lipinski definition) is 1. The van der Waals surface area contributed by atoms with E-state index < -0.39 is 36.3 Å². The van der Waals surface area contributed by atoms with E-state index in [1.807, 2.05) is 20.8 Å². The van der Waals surface area contributed by atoms with Gasteiger partial charge in [-0.05, 0) is 56.4 Å². The average Bonchev–Trinajstić information content (AvgIpc) is 3.25. The molecule has 34 heavy (non-hydrogen) atoms. The third-order valence-corrected chi connectivity index (χ3v) is 6.42. The Morgan fingerprint density at radius 2 is 1.91 bits per heavy atom. The van der Waals surface area contributed by atoms with Gasteiger partial charge in [0.15, 0.2) is 0 Å². The number of imidazole rings is 1. The summed E-state index contributed by atoms with van der Waals surface area (Å²) in [7, 11) is -0.585. The Labute approximate surface area is 195 Å². The van der Waals surface area contributed by atoms with Crippen molar-refractivity contribution in [1.82, 2.24) is 9.38 Å². The molecule has 1 fully saturated rings. The van der Waals surface area contributed by atoms with Crippen molar-refractivity contribution in [2.45, 2.75) is 52.2 Å². The lowest BCUT2D eigenvalue weighted by atomic mass is 9.78. The number of anilines is 1. The molecule has 1 unspecified atom stereocenters. The molecule has 4 rings (SSSR count). The van der Waals surface area contributed by atoms with Crippen molar-refractivity contribution >= 4 is 29.8 Å². The topological polar surface area (TPSA) is 74.1 Å². The van der Waals surface area contributed by atoms with Crippen LogP contribution in [0.1, 0.15) is 45.1 Å². The lowest BCUT2D eigenvalue weighted by Gasteiger charge is -2.39. The van der Waals surface area contributed by atoms with Crippen molar-refractivity contribution in [3.63, 3.8) is 0 Å². The van der Waals surface area contributed by atoms with Crippen molar-refractivity contribution in [1.29, 1.82) is 0 Å². The number of aromatic nitrogens is 2. The van der Waals surface area contributed by atoms with Crippen molar-refractivity contribution < 1.29 is 32.0 Å². The van der Waals surface area contributed by atoms with Gasteiger partial charge in [0.2, 0.25) is 0 Å². The molecule has 1 atom stereocenters. The van der Waals surface area contributed by atoms with Crippen LogP contribution in [-0.4, -0.2) is 40.0 Å². The maximum atomic E-state index is 12.8. The molecule has 0 aliphatic carbocycles. The molecule has 1 amide bonds. The van der Waals surface area contributed by atoms with Crippen LogP contribution in [0.25, 0.3) is 5.65 Å². The van der Waals surface area contributed by atoms with Gasteiger partial charge in [0.25, 0.3) is 5.91 Å². The van der Waals surface area contributed by atoms with E-state index in [4.69, 9.17) is 9.31 Å². The number of benzene rings is 1. The molecule has 11 heteroatoms. The van der Waals surface area contributed by atoms with Crippen LogP contribution in [-0.2, 0) is 9.31 Å². The minimum atomic E-state index is -4.82. The normalized spacial score (nSPS) is 20.2. The third kappa shape index (κ3) is 4.49. The Morgan fingerprint density at radius 3 is 2.56 bits per heavy atom. The van der Waals surface area contributed by atoms with E-state index >= 15 is 0 Å². The van der Waals surface area contributed by atoms with Crippen LogP contribution in [0.3, 0.4) is 0 Å². The number of pyridine rings is 1. The molecule has 1 N–H and O–H groups in total. The van der Waals surface area contributed by atoms with Crippen LogP contribution < -0.4 is 15.5 Å². The number of carbonyl (C=O) groups is 1. The fourth-order valence-corrected chi connectivity index (χ4v) is 4.02. The monoisotopic (exact) mass is 475 g/mol. The molecule has 0 saturated carbocycles. The van der Waals surface area contributed by atoms with Gasteiger partial charge in [0.1, 0.15) is 17.1 Å². The zero-order valence-corrected chi connectivity index (χ0v) is 19.4. The molecule has 1 saturated heterocycles. The number of ether oxygens (including phenoxy) is 1. The highest BCUT2D eigenvalue weighted by Crippen LogP contribution is 2.42. The quantitative estimate of drug-likeness (QED) is 0.554. The summed E-state index contributed by atoms with van der Waals surface area (Å²) < 4.78 is 55.4. The van der Waals surface area contributed by atoms with Gasteiger partial charge in [-0.1, -0.05) is 19.9 Å². The molecule has 0 radical (unpaired) electrons. The van der Waals surface area contributed by atoms with Crippen LogP contribution in [0, 0.1) is 5.92 Å². The van der Waals surface area contributed by atoms with Gasteiger partial charge >= 0.3 is 13.5 Å². The number of alkyl halides is 3. The van der Waals surface area contributed by atoms with E-state index in [1.165, 1.54) is 18.3 Å². The SMILES string of the molecule is CC(C)C1(C)OB(c2ccn3c(C(=O)Nc4cccc(OC(F)(F)F)c4)cnc3c2)OC1(C)C. The average molecular weight is 475 g/mol. The summed E-state index contributed by atoms with van der Waals surface area (Å²) in [5, 5.41) is 2.57. The lowest BCUT2D eigenvalue weighted by Crippen LogP contribution is -2.48. The summed E-state index contributed by atoms with van der Waals surface area (Å²) in [6.45, 7) is 10.2. The molecule has 0 spiro atoms. The molecule has 7 nitrogen and oxygen atoms in total. The first-order valence-corrected chi connectivity index (χ1v) is 10.8. The summed E-state index contributed by atoms with van der Waals surface area (Å²) in [5.41, 5.74) is 0.627. The predicted octanol–water partition coefficient (Wildman–Crippen LogP) is 4.42. The smallest absolute Gasteiger partial charge is 0.406 e. The Balaban J connectivity index is 1.54. The summed E-state index contributed by atoms with van der Waals surface area (Å²) in [6, 6.07) is 8.63. The lowest BCUT2D eigenvalue weighted by molar-refractivity contribution is -0.274. The number of rotatable bonds is 5. The molecular weight excluding hydrogens is 450 g/mol. The van der Waals surface area contributed by atoms with E-state index in [2.05, 4.69) is 28.9 Å². The molecule has 0 bridgehead atoms. The highest BCUT2D eigenvalue weighted by Gasteiger charge is 2.56. The van der Waals surface area contributed by atoms with Crippen molar-refractivity contribution in [2.75, 3.05) is 5.32 Å². The maximum Gasteiger partial charge on any atom is 0.573 e. The van der Waals surface area contributed by atoms with Crippen LogP contribution in [0.4, 0.5) is 18.9 Å². The number of amides is 1. The number of hydrogen-bond acceptors (Lipinski definition) is 5. The highest BCUT2D eigenvalue weighted by molar-refractivity contribution is 6.62. The summed E-state index contributed by atoms with van der Waals surface area (Å²) in [6.07, 6.45) is -1.75. The summed E-state index contributed by atoms with van der Waals surface area (Å²) >= 11 is 0. The second-order valence-electron chi connectivity index (χ2n) is 9.20. The van der Waals surface area contributed by atoms with Gasteiger partial charge < -0.3 is 19.4 Å². The maximum absolute atomic E-state index is 12.8. The molecule has 1 aliphatic rings. The fourth-order valence-electron chi connectivity index (χ4n) is 4.02. The summed E-state index contributed by atoms with van der Waals surface area (Å²) in [5.74, 6) is -0.745. The van der Waals surface area contributed by atoms with Crippen LogP contribution in [0.2, 0.25) is 0 Å². The van der Waals surface area contributed by atoms with Gasteiger partial charge in [-0.25, -0.2) is 4.98 Å². The number of carbonyl (C=O) groups excluding carboxylic acids is 1. The van der Waals surface area contributed by atoms with Crippen molar-refractivity contribution in [3.05, 3.63) is 54.5 Å². The minimum Gasteiger partial charge on any atom is -0.406 e. The van der Waals surface area contributed by atoms with Crippen LogP contribution >= 0.6 is 0 Å². The molecule has 1 aliphatic heterocycles. The van der Waals surface area contributed by atoms with Crippen molar-refractivity contribution in [2.24, 2.45) is 5.92 Å². The number of nitrogens with zero attached hydrogens (tertiary/aromatic N) is 2. The van der Waals surface area contributed by atoms with Gasteiger partial charge in [0.05, 0.1) is 17.4 Å². The van der Waals surface area contributed by atoms with Crippen LogP contribution in [0.15, 0.2) is 48.8 Å². The number of halogens is 3. The largest absolute Gasteiger partial charge is 0.573 e. The third-order valence-electron chi connectivity index (χ3n) is 6.42. The Bertz CT molecular complexity index is 1230. The molecule has 180 valence electrons. The van der Waals surface area contributed by atoms with Gasteiger partial charge in [0, 0.05) is 18.0 Å². The van der Waals surface area contributed by atoms with Crippen LogP contribution in [0.5, 0.6) is 5.75 Å². The Hall–Kier alpha value is -3.05. The molecule has 2 aromatic heterocycles. The second kappa shape index (κ2) is 8.32. The van der Waals surface area contributed by atoms with Gasteiger partial charge in [-0.3, -0.25) is 9.20 Å². The van der Waals surface area contributed by atoms with E-state index in [-0.39, 0.29) is 17.3 Å². The van der Waals surface area contributed by atoms with Gasteiger partial charge in [-0.15, -0.1) is 13.2 Å². The first-order valence-electron chi connectivity index (χ1n) is 10.8. The fraction of sp³-hybridized carbons (Fsp3) is 0.391.